The summed E-state index contributed by atoms with van der Waals surface area (Å²) in [5.41, 5.74) is 5.38. The van der Waals surface area contributed by atoms with Gasteiger partial charge in [-0.15, -0.1) is 0 Å². The lowest BCUT2D eigenvalue weighted by Gasteiger charge is -2.43. The normalized spacial score (nSPS) is 31.8. The first-order chi connectivity index (χ1) is 7.70. The van der Waals surface area contributed by atoms with Crippen molar-refractivity contribution < 1.29 is 4.79 Å². The number of nitrogens with two attached hydrogens (primary N) is 1. The summed E-state index contributed by atoms with van der Waals surface area (Å²) in [6, 6.07) is 0.417. The molecule has 0 aromatic rings. The van der Waals surface area contributed by atoms with E-state index in [1.165, 1.54) is 12.8 Å². The molecule has 0 heterocycles. The molecule has 0 bridgehead atoms. The quantitative estimate of drug-likeness (QED) is 0.793. The summed E-state index contributed by atoms with van der Waals surface area (Å²) in [7, 11) is 0. The van der Waals surface area contributed by atoms with Crippen LogP contribution in [0.4, 0.5) is 0 Å². The minimum absolute atomic E-state index is 0.239. The summed E-state index contributed by atoms with van der Waals surface area (Å²) in [6.07, 6.45) is 4.31. The molecular formula is C14H28N2O. The minimum Gasteiger partial charge on any atom is -0.368 e. The van der Waals surface area contributed by atoms with E-state index in [1.54, 1.807) is 0 Å². The Bertz CT molecular complexity index is 288. The third kappa shape index (κ3) is 3.44. The van der Waals surface area contributed by atoms with Crippen molar-refractivity contribution in [3.05, 3.63) is 0 Å². The fraction of sp³-hybridized carbons (Fsp3) is 0.929. The monoisotopic (exact) mass is 240 g/mol. The average molecular weight is 240 g/mol. The molecule has 1 rings (SSSR count). The van der Waals surface area contributed by atoms with E-state index in [1.807, 2.05) is 13.8 Å². The minimum atomic E-state index is -0.555. The van der Waals surface area contributed by atoms with Crippen LogP contribution in [0.2, 0.25) is 0 Å². The Balaban J connectivity index is 2.67. The Morgan fingerprint density at radius 3 is 2.53 bits per heavy atom. The number of nitrogens with one attached hydrogen (secondary N) is 1. The van der Waals surface area contributed by atoms with Gasteiger partial charge in [0.25, 0.3) is 0 Å². The third-order valence-corrected chi connectivity index (χ3v) is 4.45. The van der Waals surface area contributed by atoms with Crippen molar-refractivity contribution in [2.45, 2.75) is 71.9 Å². The molecule has 0 aliphatic heterocycles. The summed E-state index contributed by atoms with van der Waals surface area (Å²) in [5.74, 6) is 0.362. The van der Waals surface area contributed by atoms with Gasteiger partial charge in [0.1, 0.15) is 0 Å². The van der Waals surface area contributed by atoms with Gasteiger partial charge < -0.3 is 11.1 Å². The van der Waals surface area contributed by atoms with Crippen molar-refractivity contribution >= 4 is 5.91 Å². The fourth-order valence-corrected chi connectivity index (χ4v) is 2.92. The standard InChI is InChI=1S/C14H28N2O/c1-6-14(5,12(15)17)16-11-7-8-13(3,4)9-10(11)2/h10-11,16H,6-9H2,1-5H3,(H2,15,17). The molecule has 17 heavy (non-hydrogen) atoms. The first kappa shape index (κ1) is 14.5. The highest BCUT2D eigenvalue weighted by atomic mass is 16.1. The maximum absolute atomic E-state index is 11.5. The number of hydrogen-bond acceptors (Lipinski definition) is 2. The van der Waals surface area contributed by atoms with Crippen molar-refractivity contribution in [1.29, 1.82) is 0 Å². The van der Waals surface area contributed by atoms with Crippen molar-refractivity contribution in [1.82, 2.24) is 5.32 Å². The predicted octanol–water partition coefficient (Wildman–Crippen LogP) is 2.44. The van der Waals surface area contributed by atoms with Gasteiger partial charge in [-0.2, -0.15) is 0 Å². The van der Waals surface area contributed by atoms with Crippen LogP contribution in [0.15, 0.2) is 0 Å². The lowest BCUT2D eigenvalue weighted by atomic mass is 9.70. The van der Waals surface area contributed by atoms with Gasteiger partial charge in [-0.3, -0.25) is 4.79 Å². The van der Waals surface area contributed by atoms with Crippen LogP contribution in [0, 0.1) is 11.3 Å². The maximum Gasteiger partial charge on any atom is 0.237 e. The third-order valence-electron chi connectivity index (χ3n) is 4.45. The van der Waals surface area contributed by atoms with E-state index >= 15 is 0 Å². The molecule has 3 nitrogen and oxygen atoms in total. The number of hydrogen-bond donors (Lipinski definition) is 2. The van der Waals surface area contributed by atoms with Crippen LogP contribution in [-0.2, 0) is 4.79 Å². The summed E-state index contributed by atoms with van der Waals surface area (Å²) in [4.78, 5) is 11.5. The molecule has 3 N–H and O–H groups in total. The first-order valence-electron chi connectivity index (χ1n) is 6.78. The smallest absolute Gasteiger partial charge is 0.237 e. The highest BCUT2D eigenvalue weighted by molar-refractivity contribution is 5.84. The molecule has 0 radical (unpaired) electrons. The number of amides is 1. The zero-order chi connectivity index (χ0) is 13.3. The van der Waals surface area contributed by atoms with Crippen LogP contribution in [0.5, 0.6) is 0 Å². The molecule has 0 aromatic carbocycles. The highest BCUT2D eigenvalue weighted by Crippen LogP contribution is 2.39. The topological polar surface area (TPSA) is 55.1 Å². The lowest BCUT2D eigenvalue weighted by molar-refractivity contribution is -0.124. The molecule has 0 spiro atoms. The molecule has 100 valence electrons. The molecule has 1 fully saturated rings. The van der Waals surface area contributed by atoms with Crippen LogP contribution < -0.4 is 11.1 Å². The van der Waals surface area contributed by atoms with Gasteiger partial charge in [-0.05, 0) is 43.9 Å². The van der Waals surface area contributed by atoms with Gasteiger partial charge in [0, 0.05) is 6.04 Å². The van der Waals surface area contributed by atoms with Crippen LogP contribution in [-0.4, -0.2) is 17.5 Å². The van der Waals surface area contributed by atoms with Crippen molar-refractivity contribution in [3.8, 4) is 0 Å². The molecule has 1 aliphatic rings. The Hall–Kier alpha value is -0.570. The van der Waals surface area contributed by atoms with E-state index in [2.05, 4.69) is 26.1 Å². The van der Waals surface area contributed by atoms with Crippen LogP contribution >= 0.6 is 0 Å². The second-order valence-electron chi connectivity index (χ2n) is 6.69. The molecule has 3 unspecified atom stereocenters. The van der Waals surface area contributed by atoms with E-state index in [0.29, 0.717) is 17.4 Å². The zero-order valence-corrected chi connectivity index (χ0v) is 12.0. The average Bonchev–Trinajstić information content (AvgIpc) is 2.21. The number of carbonyl (C=O) groups is 1. The Morgan fingerprint density at radius 1 is 1.53 bits per heavy atom. The van der Waals surface area contributed by atoms with E-state index in [9.17, 15) is 4.79 Å². The summed E-state index contributed by atoms with van der Waals surface area (Å²) in [5, 5.41) is 3.49. The van der Waals surface area contributed by atoms with Crippen molar-refractivity contribution in [2.24, 2.45) is 17.1 Å². The van der Waals surface area contributed by atoms with Gasteiger partial charge in [-0.25, -0.2) is 0 Å². The van der Waals surface area contributed by atoms with E-state index in [-0.39, 0.29) is 5.91 Å². The molecule has 1 aliphatic carbocycles. The molecule has 3 atom stereocenters. The second kappa shape index (κ2) is 4.97. The van der Waals surface area contributed by atoms with Gasteiger partial charge in [0.2, 0.25) is 5.91 Å². The van der Waals surface area contributed by atoms with E-state index < -0.39 is 5.54 Å². The van der Waals surface area contributed by atoms with E-state index in [4.69, 9.17) is 5.73 Å². The second-order valence-corrected chi connectivity index (χ2v) is 6.69. The summed E-state index contributed by atoms with van der Waals surface area (Å²) in [6.45, 7) is 10.9. The Morgan fingerprint density at radius 2 is 2.12 bits per heavy atom. The molecular weight excluding hydrogens is 212 g/mol. The number of carbonyl (C=O) groups excluding carboxylic acids is 1. The van der Waals surface area contributed by atoms with Crippen molar-refractivity contribution in [3.63, 3.8) is 0 Å². The highest BCUT2D eigenvalue weighted by Gasteiger charge is 2.37. The maximum atomic E-state index is 11.5. The molecule has 1 amide bonds. The lowest BCUT2D eigenvalue weighted by Crippen LogP contribution is -2.58. The molecule has 1 saturated carbocycles. The first-order valence-corrected chi connectivity index (χ1v) is 6.78. The molecule has 0 saturated heterocycles. The number of rotatable bonds is 4. The van der Waals surface area contributed by atoms with Gasteiger partial charge in [-0.1, -0.05) is 27.7 Å². The Kier molecular flexibility index (Phi) is 4.23. The van der Waals surface area contributed by atoms with Crippen LogP contribution in [0.3, 0.4) is 0 Å². The van der Waals surface area contributed by atoms with Gasteiger partial charge >= 0.3 is 0 Å². The van der Waals surface area contributed by atoms with Crippen LogP contribution in [0.1, 0.15) is 60.3 Å². The van der Waals surface area contributed by atoms with Gasteiger partial charge in [0.15, 0.2) is 0 Å². The predicted molar refractivity (Wildman–Crippen MR) is 71.6 cm³/mol. The number of primary amides is 1. The Labute approximate surface area is 106 Å². The largest absolute Gasteiger partial charge is 0.368 e. The van der Waals surface area contributed by atoms with Crippen molar-refractivity contribution in [2.75, 3.05) is 0 Å². The molecule has 0 aromatic heterocycles. The zero-order valence-electron chi connectivity index (χ0n) is 12.0. The van der Waals surface area contributed by atoms with Crippen LogP contribution in [0.25, 0.3) is 0 Å². The fourth-order valence-electron chi connectivity index (χ4n) is 2.92. The van der Waals surface area contributed by atoms with E-state index in [0.717, 1.165) is 12.8 Å². The molecule has 3 heteroatoms. The summed E-state index contributed by atoms with van der Waals surface area (Å²) < 4.78 is 0. The van der Waals surface area contributed by atoms with Gasteiger partial charge in [0.05, 0.1) is 5.54 Å². The SMILES string of the molecule is CCC(C)(NC1CCC(C)(C)CC1C)C(N)=O. The summed E-state index contributed by atoms with van der Waals surface area (Å²) >= 11 is 0.